The van der Waals surface area contributed by atoms with E-state index in [9.17, 15) is 9.18 Å². The van der Waals surface area contributed by atoms with Gasteiger partial charge in [-0.25, -0.2) is 9.37 Å². The lowest BCUT2D eigenvalue weighted by molar-refractivity contribution is 0.101. The molecule has 106 valence electrons. The number of Topliss-reactive ketones (excluding diaryl/α,β-unsaturated/α-hetero) is 1. The molecule has 2 rings (SSSR count). The predicted molar refractivity (Wildman–Crippen MR) is 80.4 cm³/mol. The first kappa shape index (κ1) is 14.9. The molecule has 0 N–H and O–H groups in total. The van der Waals surface area contributed by atoms with E-state index < -0.39 is 0 Å². The van der Waals surface area contributed by atoms with Crippen molar-refractivity contribution in [3.8, 4) is 0 Å². The van der Waals surface area contributed by atoms with Crippen LogP contribution >= 0.6 is 22.9 Å². The maximum Gasteiger partial charge on any atom is 0.196 e. The molecule has 0 aliphatic rings. The van der Waals surface area contributed by atoms with Gasteiger partial charge >= 0.3 is 0 Å². The Morgan fingerprint density at radius 2 is 2.20 bits per heavy atom. The first-order valence-corrected chi connectivity index (χ1v) is 7.48. The Balaban J connectivity index is 2.23. The average Bonchev–Trinajstić information content (AvgIpc) is 2.95. The highest BCUT2D eigenvalue weighted by Crippen LogP contribution is 2.29. The van der Waals surface area contributed by atoms with Crippen molar-refractivity contribution in [2.75, 3.05) is 17.8 Å². The summed E-state index contributed by atoms with van der Waals surface area (Å²) in [6.07, 6.45) is 0. The van der Waals surface area contributed by atoms with Crippen LogP contribution in [0.3, 0.4) is 0 Å². The zero-order chi connectivity index (χ0) is 14.7. The monoisotopic (exact) mass is 312 g/mol. The SMILES string of the molecule is CC(c1ccccc1F)N(C)c1nc(C(=O)CCl)cs1. The molecule has 0 amide bonds. The van der Waals surface area contributed by atoms with Crippen LogP contribution in [0.2, 0.25) is 0 Å². The number of anilines is 1. The number of hydrogen-bond acceptors (Lipinski definition) is 4. The third-order valence-electron chi connectivity index (χ3n) is 3.14. The molecule has 1 atom stereocenters. The molecule has 0 bridgehead atoms. The summed E-state index contributed by atoms with van der Waals surface area (Å²) in [5.74, 6) is -0.544. The lowest BCUT2D eigenvalue weighted by Crippen LogP contribution is -2.22. The zero-order valence-electron chi connectivity index (χ0n) is 11.1. The summed E-state index contributed by atoms with van der Waals surface area (Å²) < 4.78 is 13.8. The largest absolute Gasteiger partial charge is 0.344 e. The molecule has 1 heterocycles. The van der Waals surface area contributed by atoms with E-state index in [2.05, 4.69) is 4.98 Å². The minimum atomic E-state index is -0.250. The molecule has 0 spiro atoms. The number of alkyl halides is 1. The summed E-state index contributed by atoms with van der Waals surface area (Å²) in [7, 11) is 1.82. The highest BCUT2D eigenvalue weighted by Gasteiger charge is 2.19. The summed E-state index contributed by atoms with van der Waals surface area (Å²) in [5, 5.41) is 2.33. The van der Waals surface area contributed by atoms with Crippen molar-refractivity contribution in [1.82, 2.24) is 4.98 Å². The number of ketones is 1. The van der Waals surface area contributed by atoms with E-state index in [4.69, 9.17) is 11.6 Å². The second-order valence-electron chi connectivity index (χ2n) is 4.38. The number of aromatic nitrogens is 1. The molecule has 0 radical (unpaired) electrons. The van der Waals surface area contributed by atoms with Crippen molar-refractivity contribution < 1.29 is 9.18 Å². The quantitative estimate of drug-likeness (QED) is 0.620. The summed E-state index contributed by atoms with van der Waals surface area (Å²) >= 11 is 6.85. The van der Waals surface area contributed by atoms with Gasteiger partial charge in [-0.1, -0.05) is 18.2 Å². The Morgan fingerprint density at radius 1 is 1.50 bits per heavy atom. The van der Waals surface area contributed by atoms with Crippen LogP contribution in [0.1, 0.15) is 29.0 Å². The summed E-state index contributed by atoms with van der Waals surface area (Å²) in [6.45, 7) is 1.89. The molecule has 2 aromatic rings. The minimum Gasteiger partial charge on any atom is -0.344 e. The Bertz CT molecular complexity index is 617. The van der Waals surface area contributed by atoms with Crippen molar-refractivity contribution in [2.24, 2.45) is 0 Å². The Hall–Kier alpha value is -1.46. The highest BCUT2D eigenvalue weighted by atomic mass is 35.5. The van der Waals surface area contributed by atoms with Crippen LogP contribution < -0.4 is 4.90 Å². The first-order chi connectivity index (χ1) is 9.54. The Morgan fingerprint density at radius 3 is 2.85 bits per heavy atom. The topological polar surface area (TPSA) is 33.2 Å². The van der Waals surface area contributed by atoms with Gasteiger partial charge in [0.2, 0.25) is 0 Å². The molecule has 0 aliphatic heterocycles. The zero-order valence-corrected chi connectivity index (χ0v) is 12.7. The summed E-state index contributed by atoms with van der Waals surface area (Å²) in [4.78, 5) is 17.6. The van der Waals surface area contributed by atoms with Crippen molar-refractivity contribution in [2.45, 2.75) is 13.0 Å². The fourth-order valence-electron chi connectivity index (χ4n) is 1.81. The molecule has 1 aromatic carbocycles. The molecular weight excluding hydrogens is 299 g/mol. The average molecular weight is 313 g/mol. The number of benzene rings is 1. The van der Waals surface area contributed by atoms with Gasteiger partial charge in [0.25, 0.3) is 0 Å². The number of rotatable bonds is 5. The van der Waals surface area contributed by atoms with Gasteiger partial charge in [-0.05, 0) is 13.0 Å². The van der Waals surface area contributed by atoms with Crippen molar-refractivity contribution in [3.05, 3.63) is 46.7 Å². The highest BCUT2D eigenvalue weighted by molar-refractivity contribution is 7.14. The third kappa shape index (κ3) is 2.99. The number of halogens is 2. The van der Waals surface area contributed by atoms with Crippen molar-refractivity contribution in [1.29, 1.82) is 0 Å². The smallest absolute Gasteiger partial charge is 0.196 e. The number of carbonyl (C=O) groups is 1. The number of hydrogen-bond donors (Lipinski definition) is 0. The van der Waals surface area contributed by atoms with E-state index in [0.29, 0.717) is 16.4 Å². The molecule has 0 saturated heterocycles. The van der Waals surface area contributed by atoms with Gasteiger partial charge in [0.1, 0.15) is 11.5 Å². The molecule has 3 nitrogen and oxygen atoms in total. The van der Waals surface area contributed by atoms with Gasteiger partial charge in [0.15, 0.2) is 10.9 Å². The van der Waals surface area contributed by atoms with Crippen molar-refractivity contribution in [3.63, 3.8) is 0 Å². The molecule has 1 aromatic heterocycles. The van der Waals surface area contributed by atoms with Crippen LogP contribution in [-0.4, -0.2) is 23.7 Å². The van der Waals surface area contributed by atoms with Crippen LogP contribution in [0.15, 0.2) is 29.6 Å². The standard InChI is InChI=1S/C14H14ClFN2OS/c1-9(10-5-3-4-6-11(10)16)18(2)14-17-12(8-20-14)13(19)7-15/h3-6,8-9H,7H2,1-2H3. The lowest BCUT2D eigenvalue weighted by Gasteiger charge is -2.24. The number of thiazole rings is 1. The van der Waals surface area contributed by atoms with Gasteiger partial charge in [-0.2, -0.15) is 0 Å². The fourth-order valence-corrected chi connectivity index (χ4v) is 2.82. The normalized spacial score (nSPS) is 12.2. The lowest BCUT2D eigenvalue weighted by atomic mass is 10.1. The van der Waals surface area contributed by atoms with Crippen LogP contribution in [0, 0.1) is 5.82 Å². The Labute approximate surface area is 126 Å². The van der Waals surface area contributed by atoms with Gasteiger partial charge < -0.3 is 4.90 Å². The molecule has 0 fully saturated rings. The molecule has 1 unspecified atom stereocenters. The predicted octanol–water partition coefficient (Wildman–Crippen LogP) is 3.90. The summed E-state index contributed by atoms with van der Waals surface area (Å²) in [6, 6.07) is 6.46. The van der Waals surface area contributed by atoms with Crippen LogP contribution in [0.5, 0.6) is 0 Å². The van der Waals surface area contributed by atoms with E-state index >= 15 is 0 Å². The molecule has 0 saturated carbocycles. The van der Waals surface area contributed by atoms with Crippen LogP contribution in [0.4, 0.5) is 9.52 Å². The molecular formula is C14H14ClFN2OS. The molecule has 6 heteroatoms. The maximum absolute atomic E-state index is 13.8. The van der Waals surface area contributed by atoms with Crippen LogP contribution in [-0.2, 0) is 0 Å². The van der Waals surface area contributed by atoms with E-state index in [0.717, 1.165) is 0 Å². The van der Waals surface area contributed by atoms with E-state index in [1.54, 1.807) is 23.6 Å². The molecule has 0 aliphatic carbocycles. The van der Waals surface area contributed by atoms with Crippen molar-refractivity contribution >= 4 is 33.9 Å². The Kier molecular flexibility index (Phi) is 4.73. The van der Waals surface area contributed by atoms with E-state index in [-0.39, 0.29) is 23.5 Å². The van der Waals surface area contributed by atoms with Gasteiger partial charge in [0.05, 0.1) is 11.9 Å². The number of carbonyl (C=O) groups excluding carboxylic acids is 1. The van der Waals surface area contributed by atoms with Gasteiger partial charge in [-0.15, -0.1) is 22.9 Å². The second-order valence-corrected chi connectivity index (χ2v) is 5.48. The van der Waals surface area contributed by atoms with Crippen LogP contribution in [0.25, 0.3) is 0 Å². The third-order valence-corrected chi connectivity index (χ3v) is 4.31. The minimum absolute atomic E-state index is 0.0875. The second kappa shape index (κ2) is 6.33. The first-order valence-electron chi connectivity index (χ1n) is 6.06. The maximum atomic E-state index is 13.8. The number of nitrogens with zero attached hydrogens (tertiary/aromatic N) is 2. The van der Waals surface area contributed by atoms with Gasteiger partial charge in [-0.3, -0.25) is 4.79 Å². The van der Waals surface area contributed by atoms with Gasteiger partial charge in [0, 0.05) is 18.0 Å². The molecule has 20 heavy (non-hydrogen) atoms. The van der Waals surface area contributed by atoms with E-state index in [1.165, 1.54) is 17.4 Å². The summed E-state index contributed by atoms with van der Waals surface area (Å²) in [5.41, 5.74) is 0.947. The fraction of sp³-hybridized carbons (Fsp3) is 0.286. The van der Waals surface area contributed by atoms with E-state index in [1.807, 2.05) is 18.9 Å².